The summed E-state index contributed by atoms with van der Waals surface area (Å²) in [6.45, 7) is 4.86. The van der Waals surface area contributed by atoms with Crippen molar-refractivity contribution in [1.29, 1.82) is 0 Å². The molecule has 0 aliphatic heterocycles. The highest BCUT2D eigenvalue weighted by Gasteiger charge is 2.37. The average Bonchev–Trinajstić information content (AvgIpc) is 2.57. The molecule has 0 bridgehead atoms. The Labute approximate surface area is 147 Å². The smallest absolute Gasteiger partial charge is 0.426 e. The van der Waals surface area contributed by atoms with Gasteiger partial charge in [-0.05, 0) is 39.7 Å². The van der Waals surface area contributed by atoms with Gasteiger partial charge >= 0.3 is 8.80 Å². The van der Waals surface area contributed by atoms with Crippen molar-refractivity contribution >= 4 is 19.3 Å². The number of unbranched alkanes of at least 4 members (excludes halogenated alkanes) is 3. The maximum atomic E-state index is 6.09. The monoisotopic (exact) mass is 368 g/mol. The van der Waals surface area contributed by atoms with Gasteiger partial charge in [0.1, 0.15) is 10.5 Å². The summed E-state index contributed by atoms with van der Waals surface area (Å²) in [5.74, 6) is 0. The summed E-state index contributed by atoms with van der Waals surface area (Å²) in [5, 5.41) is 0. The van der Waals surface area contributed by atoms with Crippen molar-refractivity contribution in [3.8, 4) is 0 Å². The molecule has 0 amide bonds. The summed E-state index contributed by atoms with van der Waals surface area (Å²) in [7, 11) is 3.35. The lowest BCUT2D eigenvalue weighted by Crippen LogP contribution is -2.43. The predicted molar refractivity (Wildman–Crippen MR) is 102 cm³/mol. The Balaban J connectivity index is 0. The molecular formula is C15H40N2O4Si2. The van der Waals surface area contributed by atoms with Crippen molar-refractivity contribution in [3.05, 3.63) is 0 Å². The number of hydrogen-bond donors (Lipinski definition) is 2. The van der Waals surface area contributed by atoms with Gasteiger partial charge in [-0.2, -0.15) is 0 Å². The second-order valence-corrected chi connectivity index (χ2v) is 9.43. The Bertz CT molecular complexity index is 237. The van der Waals surface area contributed by atoms with Crippen molar-refractivity contribution < 1.29 is 17.7 Å². The topological polar surface area (TPSA) is 89.0 Å². The van der Waals surface area contributed by atoms with Gasteiger partial charge in [0.15, 0.2) is 0 Å². The molecule has 0 aromatic carbocycles. The molecule has 0 saturated heterocycles. The third kappa shape index (κ3) is 15.5. The highest BCUT2D eigenvalue weighted by molar-refractivity contribution is 6.60. The van der Waals surface area contributed by atoms with Crippen molar-refractivity contribution in [2.75, 3.05) is 27.9 Å². The largest absolute Gasteiger partial charge is 0.500 e. The van der Waals surface area contributed by atoms with Crippen LogP contribution in [0.4, 0.5) is 0 Å². The second kappa shape index (κ2) is 17.0. The molecule has 1 unspecified atom stereocenters. The molecule has 1 atom stereocenters. The molecule has 0 radical (unpaired) electrons. The van der Waals surface area contributed by atoms with E-state index >= 15 is 0 Å². The molecular weight excluding hydrogens is 328 g/mol. The summed E-state index contributed by atoms with van der Waals surface area (Å²) >= 11 is 0. The van der Waals surface area contributed by atoms with Gasteiger partial charge in [-0.3, -0.25) is 0 Å². The first-order valence-electron chi connectivity index (χ1n) is 8.55. The minimum Gasteiger partial charge on any atom is -0.426 e. The fourth-order valence-electron chi connectivity index (χ4n) is 1.97. The highest BCUT2D eigenvalue weighted by atomic mass is 28.4. The van der Waals surface area contributed by atoms with E-state index in [4.69, 9.17) is 29.2 Å². The number of rotatable bonds is 13. The molecule has 0 rings (SSSR count). The highest BCUT2D eigenvalue weighted by Crippen LogP contribution is 2.17. The molecule has 4 N–H and O–H groups in total. The van der Waals surface area contributed by atoms with Gasteiger partial charge in [-0.15, -0.1) is 0 Å². The minimum atomic E-state index is -2.44. The Kier molecular flexibility index (Phi) is 18.8. The number of hydrogen-bond acceptors (Lipinski definition) is 6. The normalized spacial score (nSPS) is 13.0. The van der Waals surface area contributed by atoms with Crippen molar-refractivity contribution in [1.82, 2.24) is 0 Å². The lowest BCUT2D eigenvalue weighted by atomic mass is 10.1. The van der Waals surface area contributed by atoms with Crippen LogP contribution >= 0.6 is 0 Å². The van der Waals surface area contributed by atoms with Crippen LogP contribution in [-0.2, 0) is 17.7 Å². The zero-order valence-electron chi connectivity index (χ0n) is 16.1. The second-order valence-electron chi connectivity index (χ2n) is 5.87. The van der Waals surface area contributed by atoms with Crippen molar-refractivity contribution in [3.63, 3.8) is 0 Å². The molecule has 0 heterocycles. The van der Waals surface area contributed by atoms with E-state index in [0.717, 1.165) is 42.3 Å². The molecule has 23 heavy (non-hydrogen) atoms. The van der Waals surface area contributed by atoms with E-state index in [1.807, 2.05) is 13.8 Å². The summed E-state index contributed by atoms with van der Waals surface area (Å²) in [4.78, 5) is 0. The van der Waals surface area contributed by atoms with Crippen molar-refractivity contribution in [2.24, 2.45) is 11.5 Å². The Morgan fingerprint density at radius 1 is 0.913 bits per heavy atom. The molecule has 0 aromatic heterocycles. The van der Waals surface area contributed by atoms with Crippen LogP contribution in [0.3, 0.4) is 0 Å². The van der Waals surface area contributed by atoms with Crippen LogP contribution in [0.15, 0.2) is 0 Å². The third-order valence-corrected chi connectivity index (χ3v) is 7.46. The quantitative estimate of drug-likeness (QED) is 0.375. The van der Waals surface area contributed by atoms with Gasteiger partial charge in [0.05, 0.1) is 0 Å². The molecule has 8 heteroatoms. The van der Waals surface area contributed by atoms with Crippen LogP contribution in [0.2, 0.25) is 6.04 Å². The molecule has 0 fully saturated rings. The van der Waals surface area contributed by atoms with Crippen LogP contribution < -0.4 is 11.5 Å². The predicted octanol–water partition coefficient (Wildman–Crippen LogP) is 1.18. The number of nitrogens with two attached hydrogens (primary N) is 2. The molecule has 0 saturated carbocycles. The zero-order valence-corrected chi connectivity index (χ0v) is 19.1. The Hall–Kier alpha value is 0.194. The summed E-state index contributed by atoms with van der Waals surface area (Å²) < 4.78 is 21.0. The van der Waals surface area contributed by atoms with E-state index in [1.54, 1.807) is 21.3 Å². The first kappa shape index (κ1) is 25.4. The zero-order chi connectivity index (χ0) is 18.1. The molecule has 0 aliphatic carbocycles. The summed E-state index contributed by atoms with van der Waals surface area (Å²) in [6.07, 6.45) is 7.08. The molecule has 142 valence electrons. The fourth-order valence-corrected chi connectivity index (χ4v) is 3.80. The van der Waals surface area contributed by atoms with Crippen LogP contribution in [0.25, 0.3) is 0 Å². The SMILES string of the molecule is CC(C)O[SiH3].CO[Si](CCC(N)CCCCCCN)(OC)OC. The van der Waals surface area contributed by atoms with E-state index in [-0.39, 0.29) is 6.04 Å². The van der Waals surface area contributed by atoms with Gasteiger partial charge < -0.3 is 29.2 Å². The van der Waals surface area contributed by atoms with Gasteiger partial charge in [-0.25, -0.2) is 0 Å². The first-order valence-corrected chi connectivity index (χ1v) is 11.3. The van der Waals surface area contributed by atoms with E-state index in [1.165, 1.54) is 19.3 Å². The standard InChI is InChI=1S/C12H30N2O3Si.C3H10OSi/c1-15-18(16-2,17-3)11-9-12(14)8-6-4-5-7-10-13;1-3(2)4-5/h12H,4-11,13-14H2,1-3H3;3H,1-2,5H3. The van der Waals surface area contributed by atoms with Crippen LogP contribution in [0.1, 0.15) is 52.4 Å². The minimum absolute atomic E-state index is 0.204. The lowest BCUT2D eigenvalue weighted by Gasteiger charge is -2.25. The van der Waals surface area contributed by atoms with E-state index in [2.05, 4.69) is 0 Å². The van der Waals surface area contributed by atoms with Gasteiger partial charge in [0.2, 0.25) is 0 Å². The van der Waals surface area contributed by atoms with Gasteiger partial charge in [0.25, 0.3) is 0 Å². The van der Waals surface area contributed by atoms with E-state index in [0.29, 0.717) is 6.10 Å². The molecule has 0 aliphatic rings. The Morgan fingerprint density at radius 3 is 1.78 bits per heavy atom. The summed E-state index contributed by atoms with van der Waals surface area (Å²) in [6, 6.07) is 0.982. The van der Waals surface area contributed by atoms with E-state index in [9.17, 15) is 0 Å². The summed E-state index contributed by atoms with van der Waals surface area (Å²) in [5.41, 5.74) is 11.5. The molecule has 6 nitrogen and oxygen atoms in total. The molecule has 0 aromatic rings. The fraction of sp³-hybridized carbons (Fsp3) is 1.00. The average molecular weight is 369 g/mol. The Morgan fingerprint density at radius 2 is 1.39 bits per heavy atom. The molecule has 0 spiro atoms. The van der Waals surface area contributed by atoms with Crippen LogP contribution in [0, 0.1) is 0 Å². The third-order valence-electron chi connectivity index (χ3n) is 3.75. The maximum Gasteiger partial charge on any atom is 0.500 e. The first-order chi connectivity index (χ1) is 10.9. The van der Waals surface area contributed by atoms with Gasteiger partial charge in [0, 0.05) is 39.5 Å². The maximum absolute atomic E-state index is 6.09. The lowest BCUT2D eigenvalue weighted by molar-refractivity contribution is 0.122. The van der Waals surface area contributed by atoms with E-state index < -0.39 is 8.80 Å². The van der Waals surface area contributed by atoms with Gasteiger partial charge in [-0.1, -0.05) is 19.3 Å². The van der Waals surface area contributed by atoms with Crippen LogP contribution in [-0.4, -0.2) is 59.3 Å². The van der Waals surface area contributed by atoms with Crippen LogP contribution in [0.5, 0.6) is 0 Å². The van der Waals surface area contributed by atoms with Crippen molar-refractivity contribution in [2.45, 2.75) is 70.6 Å².